The second kappa shape index (κ2) is 8.26. The molecule has 2 heterocycles. The fraction of sp³-hybridized carbons (Fsp3) is 0.333. The average Bonchev–Trinajstić information content (AvgIpc) is 3.10. The lowest BCUT2D eigenvalue weighted by Crippen LogP contribution is -2.41. The quantitative estimate of drug-likeness (QED) is 0.287. The number of nitrogens with zero attached hydrogens (tertiary/aromatic N) is 3. The lowest BCUT2D eigenvalue weighted by Gasteiger charge is -2.20. The Balaban J connectivity index is 0.00000196. The summed E-state index contributed by atoms with van der Waals surface area (Å²) in [5.74, 6) is 0.815. The second-order valence-corrected chi connectivity index (χ2v) is 8.09. The molecular formula is C18H21BrIN5S. The molecule has 0 aliphatic heterocycles. The highest BCUT2D eigenvalue weighted by Gasteiger charge is 2.45. The van der Waals surface area contributed by atoms with Crippen molar-refractivity contribution in [2.45, 2.75) is 24.8 Å². The number of benzene rings is 1. The molecule has 0 radical (unpaired) electrons. The number of hydrogen-bond acceptors (Lipinski definition) is 3. The topological polar surface area (TPSA) is 53.7 Å². The molecule has 138 valence electrons. The average molecular weight is 546 g/mol. The van der Waals surface area contributed by atoms with E-state index in [1.54, 1.807) is 18.4 Å². The number of guanidine groups is 1. The first-order chi connectivity index (χ1) is 12.2. The molecule has 0 spiro atoms. The van der Waals surface area contributed by atoms with Crippen LogP contribution in [0.5, 0.6) is 0 Å². The molecule has 1 aromatic carbocycles. The predicted molar refractivity (Wildman–Crippen MR) is 122 cm³/mol. The number of fused-ring (bicyclic) bond motifs is 1. The van der Waals surface area contributed by atoms with Crippen LogP contribution in [0.3, 0.4) is 0 Å². The minimum absolute atomic E-state index is 0. The Morgan fingerprint density at radius 3 is 2.85 bits per heavy atom. The van der Waals surface area contributed by atoms with Gasteiger partial charge in [0.25, 0.3) is 0 Å². The summed E-state index contributed by atoms with van der Waals surface area (Å²) in [5, 5.41) is 8.88. The highest BCUT2D eigenvalue weighted by molar-refractivity contribution is 14.0. The molecule has 8 heteroatoms. The summed E-state index contributed by atoms with van der Waals surface area (Å²) in [4.78, 5) is 9.95. The fourth-order valence-corrected chi connectivity index (χ4v) is 4.52. The number of rotatable bonds is 5. The molecule has 0 saturated heterocycles. The molecule has 1 saturated carbocycles. The van der Waals surface area contributed by atoms with E-state index in [1.807, 2.05) is 16.0 Å². The summed E-state index contributed by atoms with van der Waals surface area (Å²) in [6.45, 7) is 1.55. The van der Waals surface area contributed by atoms with Crippen molar-refractivity contribution in [1.82, 2.24) is 20.0 Å². The van der Waals surface area contributed by atoms with E-state index in [2.05, 4.69) is 67.0 Å². The number of halogens is 2. The van der Waals surface area contributed by atoms with Crippen LogP contribution in [-0.2, 0) is 12.0 Å². The molecule has 0 bridgehead atoms. The normalized spacial score (nSPS) is 15.5. The van der Waals surface area contributed by atoms with Crippen molar-refractivity contribution in [2.24, 2.45) is 4.99 Å². The minimum atomic E-state index is 0. The van der Waals surface area contributed by atoms with Crippen LogP contribution in [-0.4, -0.2) is 28.9 Å². The van der Waals surface area contributed by atoms with E-state index in [-0.39, 0.29) is 29.4 Å². The fourth-order valence-electron chi connectivity index (χ4n) is 3.09. The summed E-state index contributed by atoms with van der Waals surface area (Å²) in [7, 11) is 1.80. The zero-order chi connectivity index (χ0) is 17.3. The van der Waals surface area contributed by atoms with Gasteiger partial charge in [0, 0.05) is 41.3 Å². The Bertz CT molecular complexity index is 887. The van der Waals surface area contributed by atoms with Crippen molar-refractivity contribution in [3.05, 3.63) is 57.8 Å². The lowest BCUT2D eigenvalue weighted by molar-refractivity contribution is 0.642. The number of thiazole rings is 1. The van der Waals surface area contributed by atoms with Gasteiger partial charge in [0.15, 0.2) is 10.9 Å². The number of aliphatic imine (C=N–C) groups is 1. The third-order valence-electron chi connectivity index (χ3n) is 4.70. The van der Waals surface area contributed by atoms with Gasteiger partial charge in [-0.15, -0.1) is 35.3 Å². The van der Waals surface area contributed by atoms with Crippen molar-refractivity contribution in [3.8, 4) is 0 Å². The maximum atomic E-state index is 4.59. The van der Waals surface area contributed by atoms with Crippen molar-refractivity contribution >= 4 is 62.2 Å². The van der Waals surface area contributed by atoms with E-state index in [0.29, 0.717) is 6.54 Å². The number of nitrogens with one attached hydrogen (secondary N) is 2. The van der Waals surface area contributed by atoms with Crippen molar-refractivity contribution in [3.63, 3.8) is 0 Å². The van der Waals surface area contributed by atoms with Crippen molar-refractivity contribution in [1.29, 1.82) is 0 Å². The molecule has 3 aromatic rings. The van der Waals surface area contributed by atoms with Gasteiger partial charge in [0.1, 0.15) is 0 Å². The van der Waals surface area contributed by atoms with Gasteiger partial charge >= 0.3 is 0 Å². The van der Waals surface area contributed by atoms with E-state index in [1.165, 1.54) is 22.9 Å². The van der Waals surface area contributed by atoms with Gasteiger partial charge in [-0.3, -0.25) is 9.39 Å². The molecule has 26 heavy (non-hydrogen) atoms. The van der Waals surface area contributed by atoms with E-state index >= 15 is 0 Å². The number of hydrogen-bond donors (Lipinski definition) is 2. The maximum absolute atomic E-state index is 4.59. The molecular weight excluding hydrogens is 525 g/mol. The van der Waals surface area contributed by atoms with Crippen LogP contribution in [0.1, 0.15) is 24.1 Å². The Hall–Kier alpha value is -1.13. The zero-order valence-corrected chi connectivity index (χ0v) is 19.1. The van der Waals surface area contributed by atoms with Crippen LogP contribution in [0.15, 0.2) is 51.5 Å². The van der Waals surface area contributed by atoms with Gasteiger partial charge in [-0.1, -0.05) is 34.1 Å². The number of aromatic nitrogens is 2. The van der Waals surface area contributed by atoms with Gasteiger partial charge in [0.05, 0.1) is 12.2 Å². The standard InChI is InChI=1S/C18H20BrN5S.HI/c1-20-16(21-10-13-11-24-8-9-25-17(24)23-13)22-12-18(6-7-18)14-4-2-3-5-15(14)19;/h2-5,8-9,11H,6-7,10,12H2,1H3,(H2,20,21,22);1H. The third-order valence-corrected chi connectivity index (χ3v) is 6.16. The van der Waals surface area contributed by atoms with Gasteiger partial charge in [-0.05, 0) is 24.5 Å². The van der Waals surface area contributed by atoms with E-state index in [0.717, 1.165) is 23.2 Å². The van der Waals surface area contributed by atoms with Crippen LogP contribution in [0.25, 0.3) is 4.96 Å². The smallest absolute Gasteiger partial charge is 0.193 e. The SMILES string of the molecule is CN=C(NCc1cn2ccsc2n1)NCC1(c2ccccc2Br)CC1.I. The van der Waals surface area contributed by atoms with E-state index < -0.39 is 0 Å². The Morgan fingerprint density at radius 1 is 1.35 bits per heavy atom. The lowest BCUT2D eigenvalue weighted by atomic mass is 9.96. The van der Waals surface area contributed by atoms with Gasteiger partial charge in [-0.2, -0.15) is 0 Å². The molecule has 0 amide bonds. The van der Waals surface area contributed by atoms with Gasteiger partial charge < -0.3 is 10.6 Å². The van der Waals surface area contributed by atoms with Crippen LogP contribution < -0.4 is 10.6 Å². The first kappa shape index (κ1) is 19.6. The third kappa shape index (κ3) is 4.07. The van der Waals surface area contributed by atoms with Gasteiger partial charge in [-0.25, -0.2) is 4.98 Å². The van der Waals surface area contributed by atoms with Crippen molar-refractivity contribution in [2.75, 3.05) is 13.6 Å². The largest absolute Gasteiger partial charge is 0.356 e. The molecule has 2 aromatic heterocycles. The summed E-state index contributed by atoms with van der Waals surface area (Å²) in [5.41, 5.74) is 2.61. The monoisotopic (exact) mass is 545 g/mol. The van der Waals surface area contributed by atoms with Crippen LogP contribution in [0.4, 0.5) is 0 Å². The minimum Gasteiger partial charge on any atom is -0.356 e. The summed E-state index contributed by atoms with van der Waals surface area (Å²) in [6, 6.07) is 8.50. The maximum Gasteiger partial charge on any atom is 0.193 e. The van der Waals surface area contributed by atoms with Crippen LogP contribution >= 0.6 is 51.2 Å². The second-order valence-electron chi connectivity index (χ2n) is 6.36. The molecule has 2 N–H and O–H groups in total. The summed E-state index contributed by atoms with van der Waals surface area (Å²) >= 11 is 5.33. The predicted octanol–water partition coefficient (Wildman–Crippen LogP) is 4.17. The molecule has 1 aliphatic rings. The first-order valence-corrected chi connectivity index (χ1v) is 9.98. The molecule has 5 nitrogen and oxygen atoms in total. The first-order valence-electron chi connectivity index (χ1n) is 8.31. The molecule has 1 aliphatic carbocycles. The molecule has 1 fully saturated rings. The summed E-state index contributed by atoms with van der Waals surface area (Å²) in [6.07, 6.45) is 6.49. The van der Waals surface area contributed by atoms with Gasteiger partial charge in [0.2, 0.25) is 0 Å². The number of imidazole rings is 1. The van der Waals surface area contributed by atoms with E-state index in [4.69, 9.17) is 0 Å². The Labute approximate surface area is 182 Å². The highest BCUT2D eigenvalue weighted by Crippen LogP contribution is 2.49. The molecule has 0 unspecified atom stereocenters. The van der Waals surface area contributed by atoms with Crippen molar-refractivity contribution < 1.29 is 0 Å². The summed E-state index contributed by atoms with van der Waals surface area (Å²) < 4.78 is 3.24. The molecule has 4 rings (SSSR count). The molecule has 0 atom stereocenters. The zero-order valence-electron chi connectivity index (χ0n) is 14.4. The van der Waals surface area contributed by atoms with Crippen LogP contribution in [0.2, 0.25) is 0 Å². The Morgan fingerprint density at radius 2 is 2.15 bits per heavy atom. The van der Waals surface area contributed by atoms with Crippen LogP contribution in [0, 0.1) is 0 Å². The highest BCUT2D eigenvalue weighted by atomic mass is 127. The van der Waals surface area contributed by atoms with E-state index in [9.17, 15) is 0 Å². The Kier molecular flexibility index (Phi) is 6.24.